The van der Waals surface area contributed by atoms with Crippen molar-refractivity contribution in [2.75, 3.05) is 0 Å². The summed E-state index contributed by atoms with van der Waals surface area (Å²) in [6, 6.07) is 19.5. The highest BCUT2D eigenvalue weighted by molar-refractivity contribution is 5.99. The zero-order valence-corrected chi connectivity index (χ0v) is 12.4. The summed E-state index contributed by atoms with van der Waals surface area (Å²) < 4.78 is 0. The monoisotopic (exact) mass is 288 g/mol. The molecule has 0 saturated heterocycles. The fraction of sp³-hybridized carbons (Fsp3) is 0.105. The van der Waals surface area contributed by atoms with Crippen LogP contribution in [0.2, 0.25) is 0 Å². The second kappa shape index (κ2) is 6.31. The highest BCUT2D eigenvalue weighted by Gasteiger charge is 2.16. The zero-order chi connectivity index (χ0) is 15.4. The van der Waals surface area contributed by atoms with E-state index in [1.807, 2.05) is 67.6 Å². The minimum Gasteiger partial charge on any atom is -0.292 e. The first-order valence-corrected chi connectivity index (χ1v) is 7.30. The Morgan fingerprint density at radius 3 is 2.09 bits per heavy atom. The zero-order valence-electron chi connectivity index (χ0n) is 12.4. The molecule has 0 radical (unpaired) electrons. The Morgan fingerprint density at radius 2 is 1.50 bits per heavy atom. The van der Waals surface area contributed by atoms with Crippen molar-refractivity contribution in [2.24, 2.45) is 0 Å². The van der Waals surface area contributed by atoms with Gasteiger partial charge < -0.3 is 0 Å². The van der Waals surface area contributed by atoms with Gasteiger partial charge in [0.1, 0.15) is 5.69 Å². The van der Waals surface area contributed by atoms with Gasteiger partial charge in [0, 0.05) is 17.5 Å². The number of hydrogen-bond acceptors (Lipinski definition) is 3. The predicted octanol–water partition coefficient (Wildman–Crippen LogP) is 4.40. The minimum atomic E-state index is 0.00383. The van der Waals surface area contributed by atoms with E-state index in [0.29, 0.717) is 17.8 Å². The molecule has 0 aliphatic carbocycles. The molecule has 108 valence electrons. The van der Waals surface area contributed by atoms with Gasteiger partial charge in [0.25, 0.3) is 0 Å². The van der Waals surface area contributed by atoms with Gasteiger partial charge in [0.2, 0.25) is 0 Å². The molecule has 3 aromatic rings. The molecule has 0 aliphatic rings. The molecule has 1 aromatic heterocycles. The van der Waals surface area contributed by atoms with Crippen molar-refractivity contribution in [3.8, 4) is 22.5 Å². The molecule has 0 bridgehead atoms. The first kappa shape index (κ1) is 14.1. The van der Waals surface area contributed by atoms with Crippen LogP contribution in [0, 0.1) is 0 Å². The Morgan fingerprint density at radius 1 is 0.909 bits per heavy atom. The number of carbonyl (C=O) groups is 1. The van der Waals surface area contributed by atoms with Crippen molar-refractivity contribution in [1.82, 2.24) is 9.97 Å². The average molecular weight is 288 g/mol. The number of aromatic nitrogens is 2. The van der Waals surface area contributed by atoms with Gasteiger partial charge in [-0.2, -0.15) is 0 Å². The summed E-state index contributed by atoms with van der Waals surface area (Å²) in [5.41, 5.74) is 3.67. The largest absolute Gasteiger partial charge is 0.292 e. The maximum Gasteiger partial charge on any atom is 0.183 e. The Labute approximate surface area is 129 Å². The van der Waals surface area contributed by atoms with Crippen molar-refractivity contribution >= 4 is 5.78 Å². The third-order valence-electron chi connectivity index (χ3n) is 3.47. The molecule has 22 heavy (non-hydrogen) atoms. The number of benzene rings is 2. The summed E-state index contributed by atoms with van der Waals surface area (Å²) >= 11 is 0. The van der Waals surface area contributed by atoms with Gasteiger partial charge >= 0.3 is 0 Å². The van der Waals surface area contributed by atoms with E-state index in [9.17, 15) is 4.79 Å². The third-order valence-corrected chi connectivity index (χ3v) is 3.47. The number of hydrogen-bond donors (Lipinski definition) is 0. The summed E-state index contributed by atoms with van der Waals surface area (Å²) in [4.78, 5) is 21.4. The number of rotatable bonds is 4. The van der Waals surface area contributed by atoms with E-state index in [1.165, 1.54) is 0 Å². The summed E-state index contributed by atoms with van der Waals surface area (Å²) in [6.07, 6.45) is 2.14. The molecule has 2 aromatic carbocycles. The van der Waals surface area contributed by atoms with Crippen LogP contribution in [0.1, 0.15) is 23.8 Å². The Kier molecular flexibility index (Phi) is 4.05. The Hall–Kier alpha value is -2.81. The molecule has 3 rings (SSSR count). The van der Waals surface area contributed by atoms with Gasteiger partial charge in [-0.3, -0.25) is 9.78 Å². The fourth-order valence-electron chi connectivity index (χ4n) is 2.31. The summed E-state index contributed by atoms with van der Waals surface area (Å²) in [5, 5.41) is 0. The molecular weight excluding hydrogens is 272 g/mol. The van der Waals surface area contributed by atoms with E-state index in [1.54, 1.807) is 6.20 Å². The van der Waals surface area contributed by atoms with Crippen molar-refractivity contribution < 1.29 is 4.79 Å². The number of nitrogens with zero attached hydrogens (tertiary/aromatic N) is 2. The highest BCUT2D eigenvalue weighted by atomic mass is 16.1. The number of Topliss-reactive ketones (excluding diaryl/α,β-unsaturated/α-hetero) is 1. The van der Waals surface area contributed by atoms with Crippen LogP contribution in [0.15, 0.2) is 66.9 Å². The molecule has 0 atom stereocenters. The molecule has 0 saturated carbocycles. The SMILES string of the molecule is CCC(=O)c1nc(-c2ccccc2)cnc1-c1ccccc1. The lowest BCUT2D eigenvalue weighted by atomic mass is 10.1. The number of carbonyl (C=O) groups excluding carboxylic acids is 1. The van der Waals surface area contributed by atoms with E-state index >= 15 is 0 Å². The van der Waals surface area contributed by atoms with E-state index in [2.05, 4.69) is 9.97 Å². The second-order valence-electron chi connectivity index (χ2n) is 4.96. The van der Waals surface area contributed by atoms with Crippen LogP contribution in [0.25, 0.3) is 22.5 Å². The first-order chi connectivity index (χ1) is 10.8. The molecule has 1 heterocycles. The van der Waals surface area contributed by atoms with Gasteiger partial charge in [-0.25, -0.2) is 4.98 Å². The lowest BCUT2D eigenvalue weighted by Gasteiger charge is -2.09. The molecule has 3 nitrogen and oxygen atoms in total. The van der Waals surface area contributed by atoms with Crippen molar-refractivity contribution in [3.63, 3.8) is 0 Å². The molecular formula is C19H16N2O. The molecule has 0 fully saturated rings. The summed E-state index contributed by atoms with van der Waals surface area (Å²) in [5.74, 6) is 0.00383. The van der Waals surface area contributed by atoms with Crippen LogP contribution in [-0.4, -0.2) is 15.8 Å². The van der Waals surface area contributed by atoms with Gasteiger partial charge in [0.05, 0.1) is 17.6 Å². The second-order valence-corrected chi connectivity index (χ2v) is 4.96. The van der Waals surface area contributed by atoms with Crippen LogP contribution in [0.5, 0.6) is 0 Å². The van der Waals surface area contributed by atoms with Crippen LogP contribution in [0.3, 0.4) is 0 Å². The van der Waals surface area contributed by atoms with Crippen molar-refractivity contribution in [3.05, 3.63) is 72.6 Å². The molecule has 0 spiro atoms. The smallest absolute Gasteiger partial charge is 0.183 e. The lowest BCUT2D eigenvalue weighted by molar-refractivity contribution is 0.0984. The topological polar surface area (TPSA) is 42.9 Å². The fourth-order valence-corrected chi connectivity index (χ4v) is 2.31. The maximum atomic E-state index is 12.3. The van der Waals surface area contributed by atoms with Crippen LogP contribution >= 0.6 is 0 Å². The average Bonchev–Trinajstić information content (AvgIpc) is 2.62. The lowest BCUT2D eigenvalue weighted by Crippen LogP contribution is -2.06. The normalized spacial score (nSPS) is 10.4. The summed E-state index contributed by atoms with van der Waals surface area (Å²) in [7, 11) is 0. The van der Waals surface area contributed by atoms with Crippen LogP contribution in [0.4, 0.5) is 0 Å². The molecule has 0 aliphatic heterocycles. The van der Waals surface area contributed by atoms with E-state index in [-0.39, 0.29) is 5.78 Å². The standard InChI is InChI=1S/C19H16N2O/c1-2-17(22)19-18(15-11-7-4-8-12-15)20-13-16(21-19)14-9-5-3-6-10-14/h3-13H,2H2,1H3. The summed E-state index contributed by atoms with van der Waals surface area (Å²) in [6.45, 7) is 1.84. The number of ketones is 1. The van der Waals surface area contributed by atoms with E-state index in [4.69, 9.17) is 0 Å². The van der Waals surface area contributed by atoms with Gasteiger partial charge in [0.15, 0.2) is 5.78 Å². The minimum absolute atomic E-state index is 0.00383. The van der Waals surface area contributed by atoms with Crippen molar-refractivity contribution in [2.45, 2.75) is 13.3 Å². The third kappa shape index (κ3) is 2.79. The quantitative estimate of drug-likeness (QED) is 0.668. The van der Waals surface area contributed by atoms with Crippen LogP contribution < -0.4 is 0 Å². The first-order valence-electron chi connectivity index (χ1n) is 7.30. The molecule has 0 unspecified atom stereocenters. The van der Waals surface area contributed by atoms with E-state index < -0.39 is 0 Å². The van der Waals surface area contributed by atoms with Gasteiger partial charge in [-0.05, 0) is 0 Å². The van der Waals surface area contributed by atoms with Gasteiger partial charge in [-0.15, -0.1) is 0 Å². The maximum absolute atomic E-state index is 12.3. The Bertz CT molecular complexity index is 783. The molecule has 0 amide bonds. The van der Waals surface area contributed by atoms with Crippen molar-refractivity contribution in [1.29, 1.82) is 0 Å². The highest BCUT2D eigenvalue weighted by Crippen LogP contribution is 2.24. The predicted molar refractivity (Wildman–Crippen MR) is 87.5 cm³/mol. The Balaban J connectivity index is 2.14. The van der Waals surface area contributed by atoms with Gasteiger partial charge in [-0.1, -0.05) is 67.6 Å². The molecule has 3 heteroatoms. The molecule has 0 N–H and O–H groups in total. The van der Waals surface area contributed by atoms with E-state index in [0.717, 1.165) is 16.8 Å². The van der Waals surface area contributed by atoms with Crippen LogP contribution in [-0.2, 0) is 0 Å².